The molecule has 2 aromatic rings. The molecule has 1 saturated heterocycles. The number of benzene rings is 1. The molecular weight excluding hydrogens is 246 g/mol. The molecule has 0 saturated carbocycles. The predicted octanol–water partition coefficient (Wildman–Crippen LogP) is 3.60. The molecule has 20 heavy (non-hydrogen) atoms. The molecule has 0 N–H and O–H groups in total. The standard InChI is InChI=1S/C17H17N3/c1-13-6-8-14(9-7-13)16-5-3-11-20(16)17-15(12-18)4-2-10-19-17/h2,4,6-10,16H,3,5,11H2,1H3. The Balaban J connectivity index is 1.97. The minimum absolute atomic E-state index is 0.331. The molecular formula is C17H17N3. The van der Waals surface area contributed by atoms with Crippen LogP contribution in [0.3, 0.4) is 0 Å². The second-order valence-electron chi connectivity index (χ2n) is 5.25. The smallest absolute Gasteiger partial charge is 0.146 e. The molecule has 0 amide bonds. The highest BCUT2D eigenvalue weighted by Gasteiger charge is 2.28. The fourth-order valence-electron chi connectivity index (χ4n) is 2.87. The highest BCUT2D eigenvalue weighted by molar-refractivity contribution is 5.55. The van der Waals surface area contributed by atoms with Crippen molar-refractivity contribution >= 4 is 5.82 Å². The van der Waals surface area contributed by atoms with Gasteiger partial charge in [-0.2, -0.15) is 5.26 Å². The summed E-state index contributed by atoms with van der Waals surface area (Å²) in [5, 5.41) is 9.26. The number of nitriles is 1. The zero-order chi connectivity index (χ0) is 13.9. The van der Waals surface area contributed by atoms with E-state index in [1.165, 1.54) is 11.1 Å². The maximum atomic E-state index is 9.26. The van der Waals surface area contributed by atoms with Crippen molar-refractivity contribution in [2.75, 3.05) is 11.4 Å². The van der Waals surface area contributed by atoms with E-state index in [9.17, 15) is 5.26 Å². The Labute approximate surface area is 119 Å². The molecule has 1 atom stereocenters. The third-order valence-electron chi connectivity index (χ3n) is 3.89. The lowest BCUT2D eigenvalue weighted by molar-refractivity contribution is 0.710. The van der Waals surface area contributed by atoms with E-state index >= 15 is 0 Å². The molecule has 1 fully saturated rings. The number of hydrogen-bond donors (Lipinski definition) is 0. The first kappa shape index (κ1) is 12.7. The van der Waals surface area contributed by atoms with Gasteiger partial charge in [-0.05, 0) is 37.5 Å². The SMILES string of the molecule is Cc1ccc(C2CCCN2c2ncccc2C#N)cc1. The molecule has 2 heterocycles. The van der Waals surface area contributed by atoms with Gasteiger partial charge in [-0.1, -0.05) is 29.8 Å². The molecule has 1 unspecified atom stereocenters. The van der Waals surface area contributed by atoms with Crippen molar-refractivity contribution in [3.05, 3.63) is 59.3 Å². The molecule has 3 heteroatoms. The Bertz CT molecular complexity index is 640. The van der Waals surface area contributed by atoms with Crippen molar-refractivity contribution < 1.29 is 0 Å². The quantitative estimate of drug-likeness (QED) is 0.831. The number of hydrogen-bond acceptors (Lipinski definition) is 3. The van der Waals surface area contributed by atoms with Gasteiger partial charge >= 0.3 is 0 Å². The van der Waals surface area contributed by atoms with Crippen LogP contribution in [0.5, 0.6) is 0 Å². The third-order valence-corrected chi connectivity index (χ3v) is 3.89. The summed E-state index contributed by atoms with van der Waals surface area (Å²) in [5.74, 6) is 0.818. The van der Waals surface area contributed by atoms with E-state index in [1.54, 1.807) is 6.20 Å². The van der Waals surface area contributed by atoms with Gasteiger partial charge < -0.3 is 4.90 Å². The van der Waals surface area contributed by atoms with Crippen LogP contribution in [0.15, 0.2) is 42.6 Å². The maximum absolute atomic E-state index is 9.26. The van der Waals surface area contributed by atoms with E-state index in [0.717, 1.165) is 25.2 Å². The number of aromatic nitrogens is 1. The Kier molecular flexibility index (Phi) is 3.39. The van der Waals surface area contributed by atoms with Crippen LogP contribution >= 0.6 is 0 Å². The number of anilines is 1. The first-order valence-corrected chi connectivity index (χ1v) is 6.98. The summed E-state index contributed by atoms with van der Waals surface area (Å²) in [6.45, 7) is 3.06. The molecule has 3 nitrogen and oxygen atoms in total. The fraction of sp³-hybridized carbons (Fsp3) is 0.294. The molecule has 1 aliphatic rings. The summed E-state index contributed by atoms with van der Waals surface area (Å²) in [7, 11) is 0. The van der Waals surface area contributed by atoms with E-state index in [2.05, 4.69) is 47.1 Å². The first-order valence-electron chi connectivity index (χ1n) is 6.98. The molecule has 1 aliphatic heterocycles. The number of aryl methyl sites for hydroxylation is 1. The van der Waals surface area contributed by atoms with Crippen molar-refractivity contribution in [3.8, 4) is 6.07 Å². The van der Waals surface area contributed by atoms with Crippen LogP contribution in [0, 0.1) is 18.3 Å². The summed E-state index contributed by atoms with van der Waals surface area (Å²) >= 11 is 0. The minimum Gasteiger partial charge on any atom is -0.348 e. The van der Waals surface area contributed by atoms with Gasteiger partial charge in [-0.25, -0.2) is 4.98 Å². The van der Waals surface area contributed by atoms with Gasteiger partial charge in [-0.3, -0.25) is 0 Å². The number of rotatable bonds is 2. The number of pyridine rings is 1. The van der Waals surface area contributed by atoms with Gasteiger partial charge in [0.15, 0.2) is 0 Å². The largest absolute Gasteiger partial charge is 0.348 e. The molecule has 3 rings (SSSR count). The van der Waals surface area contributed by atoms with Gasteiger partial charge in [0.2, 0.25) is 0 Å². The summed E-state index contributed by atoms with van der Waals surface area (Å²) in [4.78, 5) is 6.70. The Morgan fingerprint density at radius 3 is 2.80 bits per heavy atom. The highest BCUT2D eigenvalue weighted by atomic mass is 15.2. The monoisotopic (exact) mass is 263 g/mol. The van der Waals surface area contributed by atoms with Crippen molar-refractivity contribution in [3.63, 3.8) is 0 Å². The predicted molar refractivity (Wildman–Crippen MR) is 79.5 cm³/mol. The molecule has 0 aliphatic carbocycles. The Morgan fingerprint density at radius 1 is 1.25 bits per heavy atom. The van der Waals surface area contributed by atoms with E-state index in [4.69, 9.17) is 0 Å². The summed E-state index contributed by atoms with van der Waals surface area (Å²) in [6, 6.07) is 14.9. The summed E-state index contributed by atoms with van der Waals surface area (Å²) in [6.07, 6.45) is 4.02. The van der Waals surface area contributed by atoms with Crippen LogP contribution in [0.4, 0.5) is 5.82 Å². The van der Waals surface area contributed by atoms with E-state index in [1.807, 2.05) is 12.1 Å². The van der Waals surface area contributed by atoms with Crippen molar-refractivity contribution in [2.45, 2.75) is 25.8 Å². The van der Waals surface area contributed by atoms with Crippen molar-refractivity contribution in [2.24, 2.45) is 0 Å². The van der Waals surface area contributed by atoms with Crippen LogP contribution in [-0.2, 0) is 0 Å². The lowest BCUT2D eigenvalue weighted by atomic mass is 10.0. The molecule has 1 aromatic heterocycles. The summed E-state index contributed by atoms with van der Waals surface area (Å²) < 4.78 is 0. The second kappa shape index (κ2) is 5.34. The molecule has 1 aromatic carbocycles. The Hall–Kier alpha value is -2.34. The number of nitrogens with zero attached hydrogens (tertiary/aromatic N) is 3. The Morgan fingerprint density at radius 2 is 2.05 bits per heavy atom. The van der Waals surface area contributed by atoms with Crippen LogP contribution in [0.1, 0.15) is 35.6 Å². The van der Waals surface area contributed by atoms with Crippen molar-refractivity contribution in [1.82, 2.24) is 4.98 Å². The molecule has 0 spiro atoms. The topological polar surface area (TPSA) is 39.9 Å². The lowest BCUT2D eigenvalue weighted by Crippen LogP contribution is -2.24. The van der Waals surface area contributed by atoms with Gasteiger partial charge in [0, 0.05) is 12.7 Å². The van der Waals surface area contributed by atoms with Crippen molar-refractivity contribution in [1.29, 1.82) is 5.26 Å². The van der Waals surface area contributed by atoms with E-state index in [0.29, 0.717) is 11.6 Å². The third kappa shape index (κ3) is 2.25. The second-order valence-corrected chi connectivity index (χ2v) is 5.25. The zero-order valence-electron chi connectivity index (χ0n) is 11.6. The normalized spacial score (nSPS) is 18.0. The first-order chi connectivity index (χ1) is 9.79. The zero-order valence-corrected chi connectivity index (χ0v) is 11.6. The minimum atomic E-state index is 0.331. The van der Waals surface area contributed by atoms with Gasteiger partial charge in [-0.15, -0.1) is 0 Å². The van der Waals surface area contributed by atoms with Gasteiger partial charge in [0.05, 0.1) is 11.6 Å². The van der Waals surface area contributed by atoms with Crippen LogP contribution in [-0.4, -0.2) is 11.5 Å². The maximum Gasteiger partial charge on any atom is 0.146 e. The van der Waals surface area contributed by atoms with E-state index < -0.39 is 0 Å². The summed E-state index contributed by atoms with van der Waals surface area (Å²) in [5.41, 5.74) is 3.24. The molecule has 0 bridgehead atoms. The fourth-order valence-corrected chi connectivity index (χ4v) is 2.87. The van der Waals surface area contributed by atoms with Crippen LogP contribution in [0.2, 0.25) is 0 Å². The lowest BCUT2D eigenvalue weighted by Gasteiger charge is -2.26. The molecule has 0 radical (unpaired) electrons. The van der Waals surface area contributed by atoms with Crippen LogP contribution < -0.4 is 4.90 Å². The average molecular weight is 263 g/mol. The highest BCUT2D eigenvalue weighted by Crippen LogP contribution is 2.36. The van der Waals surface area contributed by atoms with Gasteiger partial charge in [0.1, 0.15) is 11.9 Å². The van der Waals surface area contributed by atoms with Gasteiger partial charge in [0.25, 0.3) is 0 Å². The van der Waals surface area contributed by atoms with Crippen LogP contribution in [0.25, 0.3) is 0 Å². The average Bonchev–Trinajstić information content (AvgIpc) is 2.97. The molecule has 100 valence electrons. The van der Waals surface area contributed by atoms with E-state index in [-0.39, 0.29) is 0 Å².